The SMILES string of the molecule is C/C(=N\N=c1/sc2ccccc2n1C)c1ccc(OCC(=O)N2CCCC2)cc1. The first-order chi connectivity index (χ1) is 14.1. The average Bonchev–Trinajstić information content (AvgIpc) is 3.40. The number of hydrogen-bond acceptors (Lipinski definition) is 5. The van der Waals surface area contributed by atoms with Crippen LogP contribution in [0.15, 0.2) is 58.7 Å². The van der Waals surface area contributed by atoms with Crippen molar-refractivity contribution in [1.29, 1.82) is 0 Å². The zero-order chi connectivity index (χ0) is 20.2. The molecule has 2 heterocycles. The molecule has 0 saturated carbocycles. The number of rotatable bonds is 5. The van der Waals surface area contributed by atoms with E-state index in [-0.39, 0.29) is 12.5 Å². The van der Waals surface area contributed by atoms with E-state index in [0.717, 1.165) is 47.5 Å². The van der Waals surface area contributed by atoms with Crippen LogP contribution in [0, 0.1) is 0 Å². The fourth-order valence-electron chi connectivity index (χ4n) is 3.35. The van der Waals surface area contributed by atoms with Gasteiger partial charge in [0.05, 0.1) is 15.9 Å². The zero-order valence-electron chi connectivity index (χ0n) is 16.7. The second kappa shape index (κ2) is 8.61. The number of likely N-dealkylation sites (tertiary alicyclic amines) is 1. The van der Waals surface area contributed by atoms with E-state index in [1.54, 1.807) is 11.3 Å². The molecule has 4 rings (SSSR count). The maximum Gasteiger partial charge on any atom is 0.260 e. The van der Waals surface area contributed by atoms with Gasteiger partial charge in [-0.25, -0.2) is 0 Å². The molecule has 7 heteroatoms. The quantitative estimate of drug-likeness (QED) is 0.479. The van der Waals surface area contributed by atoms with E-state index < -0.39 is 0 Å². The molecule has 1 aromatic heterocycles. The normalized spacial score (nSPS) is 15.3. The molecule has 0 atom stereocenters. The molecule has 1 aliphatic heterocycles. The van der Waals surface area contributed by atoms with E-state index in [1.165, 1.54) is 4.70 Å². The summed E-state index contributed by atoms with van der Waals surface area (Å²) in [6.07, 6.45) is 2.17. The van der Waals surface area contributed by atoms with Gasteiger partial charge in [0.15, 0.2) is 6.61 Å². The summed E-state index contributed by atoms with van der Waals surface area (Å²) in [5, 5.41) is 8.84. The fraction of sp³-hybridized carbons (Fsp3) is 0.318. The highest BCUT2D eigenvalue weighted by Crippen LogP contribution is 2.16. The molecule has 1 aliphatic rings. The molecule has 0 unspecified atom stereocenters. The number of nitrogens with zero attached hydrogens (tertiary/aromatic N) is 4. The van der Waals surface area contributed by atoms with E-state index in [2.05, 4.69) is 22.3 Å². The minimum Gasteiger partial charge on any atom is -0.484 e. The van der Waals surface area contributed by atoms with Gasteiger partial charge in [-0.3, -0.25) is 4.79 Å². The van der Waals surface area contributed by atoms with Crippen molar-refractivity contribution in [3.8, 4) is 5.75 Å². The molecule has 1 fully saturated rings. The van der Waals surface area contributed by atoms with Gasteiger partial charge in [-0.05, 0) is 61.7 Å². The Morgan fingerprint density at radius 2 is 1.83 bits per heavy atom. The lowest BCUT2D eigenvalue weighted by Gasteiger charge is -2.15. The highest BCUT2D eigenvalue weighted by atomic mass is 32.1. The first-order valence-corrected chi connectivity index (χ1v) is 10.6. The average molecular weight is 409 g/mol. The summed E-state index contributed by atoms with van der Waals surface area (Å²) in [6.45, 7) is 3.71. The Labute approximate surface area is 173 Å². The summed E-state index contributed by atoms with van der Waals surface area (Å²) in [7, 11) is 2.00. The molecule has 0 aliphatic carbocycles. The lowest BCUT2D eigenvalue weighted by molar-refractivity contribution is -0.132. The Hall–Kier alpha value is -2.93. The Kier molecular flexibility index (Phi) is 5.76. The monoisotopic (exact) mass is 408 g/mol. The van der Waals surface area contributed by atoms with E-state index in [4.69, 9.17) is 4.74 Å². The molecule has 0 bridgehead atoms. The largest absolute Gasteiger partial charge is 0.484 e. The molecule has 1 amide bonds. The molecule has 0 spiro atoms. The lowest BCUT2D eigenvalue weighted by atomic mass is 10.1. The third kappa shape index (κ3) is 4.40. The summed E-state index contributed by atoms with van der Waals surface area (Å²) in [5.74, 6) is 0.737. The van der Waals surface area contributed by atoms with Crippen molar-refractivity contribution in [1.82, 2.24) is 9.47 Å². The molecule has 150 valence electrons. The number of para-hydroxylation sites is 1. The molecule has 29 heavy (non-hydrogen) atoms. The molecule has 2 aromatic carbocycles. The Balaban J connectivity index is 1.43. The maximum atomic E-state index is 12.1. The number of amides is 1. The van der Waals surface area contributed by atoms with Gasteiger partial charge in [0, 0.05) is 20.1 Å². The summed E-state index contributed by atoms with van der Waals surface area (Å²) in [6, 6.07) is 15.8. The van der Waals surface area contributed by atoms with Gasteiger partial charge < -0.3 is 14.2 Å². The van der Waals surface area contributed by atoms with Crippen molar-refractivity contribution in [2.75, 3.05) is 19.7 Å². The zero-order valence-corrected chi connectivity index (χ0v) is 17.5. The van der Waals surface area contributed by atoms with Crippen molar-refractivity contribution in [2.24, 2.45) is 17.3 Å². The molecule has 6 nitrogen and oxygen atoms in total. The molecular weight excluding hydrogens is 384 g/mol. The number of carbonyl (C=O) groups excluding carboxylic acids is 1. The number of aromatic nitrogens is 1. The van der Waals surface area contributed by atoms with Gasteiger partial charge in [0.2, 0.25) is 4.80 Å². The van der Waals surface area contributed by atoms with Crippen LogP contribution < -0.4 is 9.54 Å². The fourth-order valence-corrected chi connectivity index (χ4v) is 4.32. The predicted octanol–water partition coefficient (Wildman–Crippen LogP) is 3.57. The van der Waals surface area contributed by atoms with Crippen LogP contribution in [-0.2, 0) is 11.8 Å². The Morgan fingerprint density at radius 3 is 2.55 bits per heavy atom. The first-order valence-electron chi connectivity index (χ1n) is 9.76. The minimum atomic E-state index is 0.0549. The third-order valence-electron chi connectivity index (χ3n) is 5.09. The molecule has 1 saturated heterocycles. The summed E-state index contributed by atoms with van der Waals surface area (Å²) >= 11 is 1.62. The predicted molar refractivity (Wildman–Crippen MR) is 116 cm³/mol. The van der Waals surface area contributed by atoms with Crippen LogP contribution in [0.1, 0.15) is 25.3 Å². The van der Waals surface area contributed by atoms with Crippen LogP contribution in [0.4, 0.5) is 0 Å². The number of hydrogen-bond donors (Lipinski definition) is 0. The van der Waals surface area contributed by atoms with Gasteiger partial charge in [-0.1, -0.05) is 23.5 Å². The van der Waals surface area contributed by atoms with Crippen molar-refractivity contribution in [3.05, 3.63) is 58.9 Å². The number of thiazole rings is 1. The standard InChI is InChI=1S/C22H24N4O2S/c1-16(23-24-22-25(2)19-7-3-4-8-20(19)29-22)17-9-11-18(12-10-17)28-15-21(27)26-13-5-6-14-26/h3-4,7-12H,5-6,13-15H2,1-2H3/b23-16+,24-22-. The van der Waals surface area contributed by atoms with Gasteiger partial charge in [0.25, 0.3) is 5.91 Å². The highest BCUT2D eigenvalue weighted by molar-refractivity contribution is 7.16. The number of fused-ring (bicyclic) bond motifs is 1. The van der Waals surface area contributed by atoms with Gasteiger partial charge in [-0.15, -0.1) is 5.10 Å². The number of benzene rings is 2. The van der Waals surface area contributed by atoms with Gasteiger partial charge >= 0.3 is 0 Å². The van der Waals surface area contributed by atoms with Crippen molar-refractivity contribution in [3.63, 3.8) is 0 Å². The van der Waals surface area contributed by atoms with Gasteiger partial charge in [-0.2, -0.15) is 5.10 Å². The molecule has 0 radical (unpaired) electrons. The Morgan fingerprint density at radius 1 is 1.10 bits per heavy atom. The smallest absolute Gasteiger partial charge is 0.260 e. The van der Waals surface area contributed by atoms with Crippen LogP contribution >= 0.6 is 11.3 Å². The molecule has 3 aromatic rings. The highest BCUT2D eigenvalue weighted by Gasteiger charge is 2.18. The lowest BCUT2D eigenvalue weighted by Crippen LogP contribution is -2.32. The summed E-state index contributed by atoms with van der Waals surface area (Å²) < 4.78 is 8.87. The topological polar surface area (TPSA) is 59.2 Å². The van der Waals surface area contributed by atoms with Crippen LogP contribution in [0.2, 0.25) is 0 Å². The number of carbonyl (C=O) groups is 1. The summed E-state index contributed by atoms with van der Waals surface area (Å²) in [4.78, 5) is 14.8. The van der Waals surface area contributed by atoms with Gasteiger partial charge in [0.1, 0.15) is 5.75 Å². The Bertz CT molecular complexity index is 1110. The van der Waals surface area contributed by atoms with Crippen molar-refractivity contribution < 1.29 is 9.53 Å². The maximum absolute atomic E-state index is 12.1. The van der Waals surface area contributed by atoms with Crippen LogP contribution in [0.3, 0.4) is 0 Å². The number of ether oxygens (including phenoxy) is 1. The van der Waals surface area contributed by atoms with E-state index >= 15 is 0 Å². The summed E-state index contributed by atoms with van der Waals surface area (Å²) in [5.41, 5.74) is 2.94. The van der Waals surface area contributed by atoms with Crippen LogP contribution in [0.25, 0.3) is 10.2 Å². The first kappa shape index (κ1) is 19.4. The van der Waals surface area contributed by atoms with E-state index in [1.807, 2.05) is 59.8 Å². The van der Waals surface area contributed by atoms with E-state index in [9.17, 15) is 4.79 Å². The van der Waals surface area contributed by atoms with Crippen LogP contribution in [-0.4, -0.2) is 40.8 Å². The van der Waals surface area contributed by atoms with Crippen molar-refractivity contribution >= 4 is 33.2 Å². The molecular formula is C22H24N4O2S. The van der Waals surface area contributed by atoms with E-state index in [0.29, 0.717) is 5.75 Å². The second-order valence-electron chi connectivity index (χ2n) is 7.10. The van der Waals surface area contributed by atoms with Crippen LogP contribution in [0.5, 0.6) is 5.75 Å². The molecule has 0 N–H and O–H groups in total. The minimum absolute atomic E-state index is 0.0549. The number of aryl methyl sites for hydroxylation is 1. The second-order valence-corrected chi connectivity index (χ2v) is 8.11. The van der Waals surface area contributed by atoms with Crippen molar-refractivity contribution in [2.45, 2.75) is 19.8 Å². The third-order valence-corrected chi connectivity index (χ3v) is 6.20.